The maximum absolute atomic E-state index is 13.0. The van der Waals surface area contributed by atoms with Crippen molar-refractivity contribution in [3.63, 3.8) is 0 Å². The third kappa shape index (κ3) is 4.78. The number of para-hydroxylation sites is 1. The molecule has 2 aromatic rings. The Morgan fingerprint density at radius 2 is 1.62 bits per heavy atom. The summed E-state index contributed by atoms with van der Waals surface area (Å²) in [6.45, 7) is 5.52. The first-order chi connectivity index (χ1) is 9.85. The highest BCUT2D eigenvalue weighted by Gasteiger charge is 2.21. The van der Waals surface area contributed by atoms with E-state index in [1.54, 1.807) is 18.2 Å². The average molecular weight is 308 g/mol. The van der Waals surface area contributed by atoms with Crippen LogP contribution in [-0.4, -0.2) is 10.5 Å². The zero-order chi connectivity index (χ0) is 15.5. The van der Waals surface area contributed by atoms with Crippen LogP contribution in [0.25, 0.3) is 11.1 Å². The molecule has 0 aromatic heterocycles. The maximum atomic E-state index is 13.0. The molecule has 1 atom stereocenters. The zero-order valence-electron chi connectivity index (χ0n) is 12.2. The molecule has 0 aliphatic rings. The maximum Gasteiger partial charge on any atom is 0.394 e. The summed E-state index contributed by atoms with van der Waals surface area (Å²) in [4.78, 5) is 9.91. The van der Waals surface area contributed by atoms with Gasteiger partial charge in [-0.05, 0) is 44.5 Å². The van der Waals surface area contributed by atoms with E-state index in [9.17, 15) is 9.28 Å². The Kier molecular flexibility index (Phi) is 4.94. The molecule has 0 aliphatic carbocycles. The average Bonchev–Trinajstić information content (AvgIpc) is 2.38. The van der Waals surface area contributed by atoms with Gasteiger partial charge in [-0.15, -0.1) is 0 Å². The van der Waals surface area contributed by atoms with E-state index in [1.807, 2.05) is 39.0 Å². The molecule has 112 valence electrons. The van der Waals surface area contributed by atoms with Crippen molar-refractivity contribution in [1.82, 2.24) is 0 Å². The summed E-state index contributed by atoms with van der Waals surface area (Å²) >= 11 is 0. The van der Waals surface area contributed by atoms with E-state index in [4.69, 9.17) is 9.05 Å². The molecular formula is C16H18FO3P. The van der Waals surface area contributed by atoms with Gasteiger partial charge in [-0.3, -0.25) is 4.52 Å². The fourth-order valence-electron chi connectivity index (χ4n) is 1.75. The highest BCUT2D eigenvalue weighted by Crippen LogP contribution is 2.42. The molecule has 3 nitrogen and oxygen atoms in total. The summed E-state index contributed by atoms with van der Waals surface area (Å²) in [6.07, 6.45) is 0. The Morgan fingerprint density at radius 3 is 2.24 bits per heavy atom. The van der Waals surface area contributed by atoms with Gasteiger partial charge in [0, 0.05) is 5.56 Å². The summed E-state index contributed by atoms with van der Waals surface area (Å²) in [5, 5.41) is 0. The molecule has 21 heavy (non-hydrogen) atoms. The number of hydrogen-bond donors (Lipinski definition) is 1. The number of benzene rings is 2. The minimum atomic E-state index is -2.03. The number of rotatable bonds is 4. The van der Waals surface area contributed by atoms with Crippen molar-refractivity contribution in [2.45, 2.75) is 26.4 Å². The first-order valence-corrected chi connectivity index (χ1v) is 7.69. The molecule has 0 amide bonds. The molecule has 0 bridgehead atoms. The minimum absolute atomic E-state index is 0.294. The van der Waals surface area contributed by atoms with Gasteiger partial charge < -0.3 is 9.42 Å². The van der Waals surface area contributed by atoms with Crippen molar-refractivity contribution in [3.05, 3.63) is 54.3 Å². The van der Waals surface area contributed by atoms with Crippen LogP contribution in [-0.2, 0) is 4.52 Å². The van der Waals surface area contributed by atoms with Crippen LogP contribution in [0, 0.1) is 5.82 Å². The van der Waals surface area contributed by atoms with Crippen LogP contribution in [0.15, 0.2) is 48.5 Å². The minimum Gasteiger partial charge on any atom is -0.426 e. The molecule has 0 fully saturated rings. The van der Waals surface area contributed by atoms with E-state index >= 15 is 0 Å². The smallest absolute Gasteiger partial charge is 0.394 e. The normalized spacial score (nSPS) is 13.0. The van der Waals surface area contributed by atoms with E-state index in [2.05, 4.69) is 0 Å². The highest BCUT2D eigenvalue weighted by molar-refractivity contribution is 7.41. The van der Waals surface area contributed by atoms with Crippen LogP contribution >= 0.6 is 8.60 Å². The van der Waals surface area contributed by atoms with Crippen molar-refractivity contribution in [3.8, 4) is 16.9 Å². The Balaban J connectivity index is 2.23. The second kappa shape index (κ2) is 6.52. The molecule has 1 N–H and O–H groups in total. The fourth-order valence-corrected chi connectivity index (χ4v) is 2.58. The largest absolute Gasteiger partial charge is 0.426 e. The monoisotopic (exact) mass is 308 g/mol. The predicted octanol–water partition coefficient (Wildman–Crippen LogP) is 4.91. The van der Waals surface area contributed by atoms with E-state index < -0.39 is 14.2 Å². The van der Waals surface area contributed by atoms with Gasteiger partial charge in [-0.25, -0.2) is 4.39 Å². The zero-order valence-corrected chi connectivity index (χ0v) is 13.1. The second-order valence-corrected chi connectivity index (χ2v) is 6.38. The Hall–Kier alpha value is -1.48. The summed E-state index contributed by atoms with van der Waals surface area (Å²) in [7, 11) is -2.03. The van der Waals surface area contributed by atoms with Gasteiger partial charge in [0.1, 0.15) is 11.6 Å². The summed E-state index contributed by atoms with van der Waals surface area (Å²) in [6, 6.07) is 13.4. The van der Waals surface area contributed by atoms with Crippen LogP contribution in [0.4, 0.5) is 4.39 Å². The molecule has 5 heteroatoms. The van der Waals surface area contributed by atoms with Gasteiger partial charge in [0.2, 0.25) is 0 Å². The Morgan fingerprint density at radius 1 is 1.00 bits per heavy atom. The highest BCUT2D eigenvalue weighted by atomic mass is 31.2. The first-order valence-electron chi connectivity index (χ1n) is 6.56. The standard InChI is InChI=1S/C16H18FO3P/c1-16(2,3)20-21(18)19-15-7-5-4-6-14(15)12-8-10-13(17)11-9-12/h4-11,18H,1-3H3. The molecule has 0 radical (unpaired) electrons. The van der Waals surface area contributed by atoms with Crippen molar-refractivity contribution < 1.29 is 18.3 Å². The fraction of sp³-hybridized carbons (Fsp3) is 0.250. The lowest BCUT2D eigenvalue weighted by molar-refractivity contribution is 0.112. The Labute approximate surface area is 125 Å². The third-order valence-electron chi connectivity index (χ3n) is 2.57. The van der Waals surface area contributed by atoms with Crippen LogP contribution in [0.3, 0.4) is 0 Å². The number of halogens is 1. The molecule has 0 saturated carbocycles. The number of hydrogen-bond acceptors (Lipinski definition) is 3. The summed E-state index contributed by atoms with van der Waals surface area (Å²) < 4.78 is 23.9. The molecule has 0 saturated heterocycles. The molecule has 2 aromatic carbocycles. The van der Waals surface area contributed by atoms with Gasteiger partial charge in [-0.1, -0.05) is 30.3 Å². The molecule has 2 rings (SSSR count). The Bertz CT molecular complexity index is 593. The van der Waals surface area contributed by atoms with Crippen LogP contribution < -0.4 is 4.52 Å². The van der Waals surface area contributed by atoms with Crippen molar-refractivity contribution >= 4 is 8.60 Å². The van der Waals surface area contributed by atoms with Crippen molar-refractivity contribution in [1.29, 1.82) is 0 Å². The van der Waals surface area contributed by atoms with Crippen molar-refractivity contribution in [2.75, 3.05) is 0 Å². The summed E-state index contributed by atoms with van der Waals surface area (Å²) in [5.74, 6) is 0.208. The molecular weight excluding hydrogens is 290 g/mol. The van der Waals surface area contributed by atoms with Gasteiger partial charge in [0.15, 0.2) is 0 Å². The third-order valence-corrected chi connectivity index (χ3v) is 3.63. The quantitative estimate of drug-likeness (QED) is 0.816. The van der Waals surface area contributed by atoms with E-state index in [-0.39, 0.29) is 5.82 Å². The van der Waals surface area contributed by atoms with E-state index in [0.717, 1.165) is 11.1 Å². The molecule has 0 heterocycles. The molecule has 1 unspecified atom stereocenters. The first kappa shape index (κ1) is 15.9. The van der Waals surface area contributed by atoms with Crippen LogP contribution in [0.5, 0.6) is 5.75 Å². The van der Waals surface area contributed by atoms with Crippen LogP contribution in [0.1, 0.15) is 20.8 Å². The van der Waals surface area contributed by atoms with E-state index in [0.29, 0.717) is 5.75 Å². The van der Waals surface area contributed by atoms with Gasteiger partial charge in [0.05, 0.1) is 5.60 Å². The topological polar surface area (TPSA) is 38.7 Å². The SMILES string of the molecule is CC(C)(C)OP(O)Oc1ccccc1-c1ccc(F)cc1. The molecule has 0 spiro atoms. The summed E-state index contributed by atoms with van der Waals surface area (Å²) in [5.41, 5.74) is 1.09. The lowest BCUT2D eigenvalue weighted by Gasteiger charge is -2.22. The lowest BCUT2D eigenvalue weighted by atomic mass is 10.1. The predicted molar refractivity (Wildman–Crippen MR) is 82.4 cm³/mol. The second-order valence-electron chi connectivity index (χ2n) is 5.54. The van der Waals surface area contributed by atoms with E-state index in [1.165, 1.54) is 12.1 Å². The molecule has 0 aliphatic heterocycles. The van der Waals surface area contributed by atoms with Crippen LogP contribution in [0.2, 0.25) is 0 Å². The van der Waals surface area contributed by atoms with Gasteiger partial charge in [0.25, 0.3) is 0 Å². The van der Waals surface area contributed by atoms with Crippen molar-refractivity contribution in [2.24, 2.45) is 0 Å². The van der Waals surface area contributed by atoms with Gasteiger partial charge in [-0.2, -0.15) is 0 Å². The lowest BCUT2D eigenvalue weighted by Crippen LogP contribution is -2.17. The van der Waals surface area contributed by atoms with Gasteiger partial charge >= 0.3 is 8.60 Å².